The van der Waals surface area contributed by atoms with Gasteiger partial charge < -0.3 is 19.9 Å². The number of anilines is 1. The highest BCUT2D eigenvalue weighted by atomic mass is 19.4. The lowest BCUT2D eigenvalue weighted by Gasteiger charge is -2.31. The zero-order valence-electron chi connectivity index (χ0n) is 17.3. The first-order valence-corrected chi connectivity index (χ1v) is 10.3. The average molecular weight is 445 g/mol. The number of para-hydroxylation sites is 1. The summed E-state index contributed by atoms with van der Waals surface area (Å²) >= 11 is 0. The van der Waals surface area contributed by atoms with Gasteiger partial charge in [-0.1, -0.05) is 24.3 Å². The summed E-state index contributed by atoms with van der Waals surface area (Å²) in [4.78, 5) is 28.6. The lowest BCUT2D eigenvalue weighted by atomic mass is 10.0. The van der Waals surface area contributed by atoms with Gasteiger partial charge in [-0.2, -0.15) is 13.2 Å². The van der Waals surface area contributed by atoms with Crippen molar-refractivity contribution in [2.75, 3.05) is 18.5 Å². The summed E-state index contributed by atoms with van der Waals surface area (Å²) in [7, 11) is 0. The second-order valence-corrected chi connectivity index (χ2v) is 7.54. The Morgan fingerprint density at radius 1 is 1.19 bits per heavy atom. The third kappa shape index (κ3) is 4.15. The molecule has 1 aromatic heterocycles. The number of fused-ring (bicyclic) bond motifs is 3. The maximum absolute atomic E-state index is 14.2. The molecule has 0 bridgehead atoms. The van der Waals surface area contributed by atoms with Gasteiger partial charge in [0, 0.05) is 23.1 Å². The van der Waals surface area contributed by atoms with Gasteiger partial charge in [-0.15, -0.1) is 0 Å². The van der Waals surface area contributed by atoms with Crippen molar-refractivity contribution in [1.82, 2.24) is 9.88 Å². The standard InChI is InChI=1S/C23H22F3N3O3/c1-2-32-21(30)14-7-5-8-15(13-14)27-22(31)29-12-6-10-17-16-9-3-4-11-18(16)28-19(17)20(29)23(24,25)26/h3-5,7-9,11,13,20,28H,2,6,10,12H2,1H3,(H,27,31). The van der Waals surface area contributed by atoms with Gasteiger partial charge in [0.1, 0.15) is 0 Å². The first kappa shape index (κ1) is 21.7. The quantitative estimate of drug-likeness (QED) is 0.528. The number of carbonyl (C=O) groups excluding carboxylic acids is 2. The lowest BCUT2D eigenvalue weighted by molar-refractivity contribution is -0.178. The van der Waals surface area contributed by atoms with E-state index in [1.807, 2.05) is 0 Å². The molecule has 4 rings (SSSR count). The number of H-pyrrole nitrogens is 1. The molecule has 0 spiro atoms. The number of ether oxygens (including phenoxy) is 1. The molecule has 2 N–H and O–H groups in total. The molecule has 1 unspecified atom stereocenters. The first-order valence-electron chi connectivity index (χ1n) is 10.3. The van der Waals surface area contributed by atoms with Crippen LogP contribution in [0.2, 0.25) is 0 Å². The van der Waals surface area contributed by atoms with Crippen LogP contribution in [0.25, 0.3) is 10.9 Å². The Morgan fingerprint density at radius 2 is 1.97 bits per heavy atom. The van der Waals surface area contributed by atoms with Crippen LogP contribution in [0.5, 0.6) is 0 Å². The van der Waals surface area contributed by atoms with Gasteiger partial charge >= 0.3 is 18.2 Å². The number of aromatic nitrogens is 1. The number of rotatable bonds is 3. The van der Waals surface area contributed by atoms with Gasteiger partial charge in [-0.05, 0) is 49.6 Å². The van der Waals surface area contributed by atoms with Crippen LogP contribution in [0.1, 0.15) is 41.0 Å². The van der Waals surface area contributed by atoms with Gasteiger partial charge in [0.25, 0.3) is 0 Å². The predicted molar refractivity (Wildman–Crippen MR) is 114 cm³/mol. The Kier molecular flexibility index (Phi) is 5.82. The minimum absolute atomic E-state index is 0.00776. The number of hydrogen-bond acceptors (Lipinski definition) is 3. The van der Waals surface area contributed by atoms with E-state index in [1.54, 1.807) is 31.2 Å². The normalized spacial score (nSPS) is 16.4. The molecule has 6 nitrogen and oxygen atoms in total. The largest absolute Gasteiger partial charge is 0.462 e. The number of nitrogens with zero attached hydrogens (tertiary/aromatic N) is 1. The molecule has 168 valence electrons. The van der Waals surface area contributed by atoms with Crippen molar-refractivity contribution in [2.24, 2.45) is 0 Å². The number of alkyl halides is 3. The number of hydrogen-bond donors (Lipinski definition) is 2. The highest BCUT2D eigenvalue weighted by Crippen LogP contribution is 2.43. The SMILES string of the molecule is CCOC(=O)c1cccc(NC(=O)N2CCCc3c([nH]c4ccccc34)C2C(F)(F)F)c1. The van der Waals surface area contributed by atoms with Gasteiger partial charge in [0.05, 0.1) is 17.9 Å². The smallest absolute Gasteiger partial charge is 0.414 e. The maximum atomic E-state index is 14.2. The Hall–Kier alpha value is -3.49. The molecule has 0 aliphatic carbocycles. The molecule has 0 saturated carbocycles. The Labute approximate surface area is 182 Å². The van der Waals surface area contributed by atoms with E-state index in [0.29, 0.717) is 23.9 Å². The molecule has 1 aliphatic heterocycles. The lowest BCUT2D eigenvalue weighted by Crippen LogP contribution is -2.44. The minimum atomic E-state index is -4.68. The van der Waals surface area contributed by atoms with Crippen molar-refractivity contribution in [2.45, 2.75) is 32.0 Å². The molecule has 2 heterocycles. The summed E-state index contributed by atoms with van der Waals surface area (Å²) in [5, 5.41) is 3.25. The molecule has 0 radical (unpaired) electrons. The number of aryl methyl sites for hydroxylation is 1. The minimum Gasteiger partial charge on any atom is -0.462 e. The number of aromatic amines is 1. The fourth-order valence-electron chi connectivity index (χ4n) is 4.13. The van der Waals surface area contributed by atoms with Gasteiger partial charge in [0.2, 0.25) is 0 Å². The maximum Gasteiger partial charge on any atom is 0.414 e. The third-order valence-corrected chi connectivity index (χ3v) is 5.45. The van der Waals surface area contributed by atoms with E-state index in [2.05, 4.69) is 10.3 Å². The highest BCUT2D eigenvalue weighted by Gasteiger charge is 2.49. The Bertz CT molecular complexity index is 1160. The highest BCUT2D eigenvalue weighted by molar-refractivity contribution is 5.94. The Balaban J connectivity index is 1.67. The van der Waals surface area contributed by atoms with Gasteiger partial charge in [-0.25, -0.2) is 9.59 Å². The van der Waals surface area contributed by atoms with Crippen molar-refractivity contribution >= 4 is 28.6 Å². The summed E-state index contributed by atoms with van der Waals surface area (Å²) in [6.45, 7) is 1.78. The summed E-state index contributed by atoms with van der Waals surface area (Å²) in [5.74, 6) is -0.575. The van der Waals surface area contributed by atoms with Gasteiger partial charge in [-0.3, -0.25) is 0 Å². The number of nitrogens with one attached hydrogen (secondary N) is 2. The van der Waals surface area contributed by atoms with Crippen LogP contribution in [0, 0.1) is 0 Å². The van der Waals surface area contributed by atoms with Crippen LogP contribution in [-0.2, 0) is 11.2 Å². The topological polar surface area (TPSA) is 74.4 Å². The second kappa shape index (κ2) is 8.57. The van der Waals surface area contributed by atoms with Crippen LogP contribution in [0.4, 0.5) is 23.7 Å². The molecule has 2 amide bonds. The van der Waals surface area contributed by atoms with Gasteiger partial charge in [0.15, 0.2) is 6.04 Å². The molecule has 1 atom stereocenters. The number of halogens is 3. The predicted octanol–water partition coefficient (Wildman–Crippen LogP) is 5.43. The number of benzene rings is 2. The summed E-state index contributed by atoms with van der Waals surface area (Å²) < 4.78 is 47.6. The van der Waals surface area contributed by atoms with Crippen LogP contribution in [0.15, 0.2) is 48.5 Å². The molecule has 0 fully saturated rings. The molecule has 3 aromatic rings. The number of esters is 1. The second-order valence-electron chi connectivity index (χ2n) is 7.54. The number of urea groups is 1. The fraction of sp³-hybridized carbons (Fsp3) is 0.304. The van der Waals surface area contributed by atoms with E-state index < -0.39 is 24.2 Å². The zero-order valence-corrected chi connectivity index (χ0v) is 17.3. The summed E-state index contributed by atoms with van der Waals surface area (Å²) in [6.07, 6.45) is -3.87. The molecule has 1 aliphatic rings. The van der Waals surface area contributed by atoms with Crippen LogP contribution < -0.4 is 5.32 Å². The van der Waals surface area contributed by atoms with E-state index >= 15 is 0 Å². The molecular weight excluding hydrogens is 423 g/mol. The van der Waals surface area contributed by atoms with Crippen LogP contribution in [-0.4, -0.2) is 41.2 Å². The van der Waals surface area contributed by atoms with E-state index in [0.717, 1.165) is 10.3 Å². The fourth-order valence-corrected chi connectivity index (χ4v) is 4.13. The monoisotopic (exact) mass is 445 g/mol. The van der Waals surface area contributed by atoms with E-state index in [9.17, 15) is 22.8 Å². The van der Waals surface area contributed by atoms with Crippen LogP contribution >= 0.6 is 0 Å². The molecule has 9 heteroatoms. The van der Waals surface area contributed by atoms with E-state index in [4.69, 9.17) is 4.74 Å². The number of amides is 2. The van der Waals surface area contributed by atoms with E-state index in [-0.39, 0.29) is 30.1 Å². The molecule has 32 heavy (non-hydrogen) atoms. The zero-order chi connectivity index (χ0) is 22.9. The van der Waals surface area contributed by atoms with Crippen molar-refractivity contribution < 1.29 is 27.5 Å². The molecule has 0 saturated heterocycles. The third-order valence-electron chi connectivity index (χ3n) is 5.45. The van der Waals surface area contributed by atoms with Crippen molar-refractivity contribution in [3.63, 3.8) is 0 Å². The molecular formula is C23H22F3N3O3. The average Bonchev–Trinajstić information content (AvgIpc) is 2.98. The summed E-state index contributed by atoms with van der Waals surface area (Å²) in [5.41, 5.74) is 1.60. The van der Waals surface area contributed by atoms with Crippen molar-refractivity contribution in [3.8, 4) is 0 Å². The summed E-state index contributed by atoms with van der Waals surface area (Å²) in [6, 6.07) is 9.97. The number of carbonyl (C=O) groups is 2. The molecule has 2 aromatic carbocycles. The first-order chi connectivity index (χ1) is 15.3. The Morgan fingerprint density at radius 3 is 2.72 bits per heavy atom. The van der Waals surface area contributed by atoms with E-state index in [1.165, 1.54) is 24.3 Å². The van der Waals surface area contributed by atoms with Crippen molar-refractivity contribution in [1.29, 1.82) is 0 Å². The van der Waals surface area contributed by atoms with Crippen molar-refractivity contribution in [3.05, 3.63) is 65.4 Å². The van der Waals surface area contributed by atoms with Crippen LogP contribution in [0.3, 0.4) is 0 Å².